The maximum absolute atomic E-state index is 11.1. The van der Waals surface area contributed by atoms with E-state index in [0.29, 0.717) is 24.9 Å². The number of carboxylic acids is 1. The van der Waals surface area contributed by atoms with Crippen molar-refractivity contribution in [1.29, 1.82) is 0 Å². The van der Waals surface area contributed by atoms with Crippen LogP contribution in [0.3, 0.4) is 0 Å². The largest absolute Gasteiger partial charge is 0.480 e. The van der Waals surface area contributed by atoms with E-state index in [-0.39, 0.29) is 5.91 Å². The van der Waals surface area contributed by atoms with Crippen LogP contribution in [0.2, 0.25) is 0 Å². The molecule has 1 rings (SSSR count). The molecule has 1 aliphatic rings. The van der Waals surface area contributed by atoms with E-state index in [2.05, 4.69) is 4.58 Å². The minimum Gasteiger partial charge on any atom is -0.480 e. The van der Waals surface area contributed by atoms with Crippen LogP contribution in [0.5, 0.6) is 0 Å². The summed E-state index contributed by atoms with van der Waals surface area (Å²) < 4.78 is 2.61. The van der Waals surface area contributed by atoms with Gasteiger partial charge < -0.3 is 10.0 Å². The monoisotopic (exact) mass is 218 g/mol. The van der Waals surface area contributed by atoms with Crippen molar-refractivity contribution in [2.45, 2.75) is 24.6 Å². The van der Waals surface area contributed by atoms with Gasteiger partial charge in [-0.25, -0.2) is 4.79 Å². The van der Waals surface area contributed by atoms with Crippen molar-refractivity contribution in [3.63, 3.8) is 0 Å². The molecule has 0 saturated carbocycles. The van der Waals surface area contributed by atoms with E-state index < -0.39 is 17.3 Å². The van der Waals surface area contributed by atoms with Crippen LogP contribution in [0.4, 0.5) is 0 Å². The Kier molecular flexibility index (Phi) is 3.45. The normalized spacial score (nSPS) is 26.2. The molecule has 0 aliphatic carbocycles. The second kappa shape index (κ2) is 4.41. The summed E-state index contributed by atoms with van der Waals surface area (Å²) in [4.78, 5) is 33.2. The van der Waals surface area contributed by atoms with Gasteiger partial charge in [0.05, 0.1) is 5.25 Å². The van der Waals surface area contributed by atoms with Crippen LogP contribution in [0.15, 0.2) is 4.58 Å². The van der Waals surface area contributed by atoms with Gasteiger partial charge in [0.25, 0.3) is 0 Å². The lowest BCUT2D eigenvalue weighted by Gasteiger charge is -2.21. The minimum absolute atomic E-state index is 0.286. The lowest BCUT2D eigenvalue weighted by atomic mass is 10.2. The van der Waals surface area contributed by atoms with Crippen molar-refractivity contribution < 1.29 is 14.7 Å². The summed E-state index contributed by atoms with van der Waals surface area (Å²) >= 11 is 0.691. The van der Waals surface area contributed by atoms with E-state index >= 15 is 0 Å². The maximum Gasteiger partial charge on any atom is 0.327 e. The number of aliphatic carboxylic acids is 1. The van der Waals surface area contributed by atoms with E-state index in [1.807, 2.05) is 0 Å². The number of nitrogens with zero attached hydrogens (tertiary/aromatic N) is 2. The zero-order chi connectivity index (χ0) is 10.7. The Morgan fingerprint density at radius 3 is 2.64 bits per heavy atom. The zero-order valence-electron chi connectivity index (χ0n) is 7.54. The van der Waals surface area contributed by atoms with Crippen molar-refractivity contribution in [3.8, 4) is 0 Å². The van der Waals surface area contributed by atoms with E-state index in [4.69, 9.17) is 5.11 Å². The van der Waals surface area contributed by atoms with Crippen molar-refractivity contribution in [3.05, 3.63) is 4.91 Å². The number of hydrogen-bond acceptors (Lipinski definition) is 5. The van der Waals surface area contributed by atoms with Crippen molar-refractivity contribution in [1.82, 2.24) is 4.90 Å². The van der Waals surface area contributed by atoms with E-state index in [9.17, 15) is 14.5 Å². The number of carbonyl (C=O) groups is 2. The van der Waals surface area contributed by atoms with Crippen LogP contribution in [0.25, 0.3) is 0 Å². The van der Waals surface area contributed by atoms with Gasteiger partial charge in [-0.05, 0) is 6.42 Å². The third kappa shape index (κ3) is 2.03. The van der Waals surface area contributed by atoms with Gasteiger partial charge in [0.1, 0.15) is 6.04 Å². The first-order valence-corrected chi connectivity index (χ1v) is 4.90. The van der Waals surface area contributed by atoms with E-state index in [1.165, 1.54) is 11.8 Å². The van der Waals surface area contributed by atoms with Gasteiger partial charge in [0.2, 0.25) is 5.91 Å². The summed E-state index contributed by atoms with van der Waals surface area (Å²) in [5, 5.41) is 8.46. The SMILES string of the molecule is CC(=O)N1CCC(SN=O)C1C(=O)O. The number of carbonyl (C=O) groups excluding carboxylic acids is 1. The molecule has 0 aromatic heterocycles. The molecule has 78 valence electrons. The average molecular weight is 218 g/mol. The number of nitroso groups, excluding NO2 is 1. The highest BCUT2D eigenvalue weighted by Crippen LogP contribution is 2.29. The fourth-order valence-corrected chi connectivity index (χ4v) is 2.28. The minimum atomic E-state index is -1.08. The van der Waals surface area contributed by atoms with Crippen LogP contribution in [0, 0.1) is 4.91 Å². The molecule has 1 saturated heterocycles. The summed E-state index contributed by atoms with van der Waals surface area (Å²) in [5.41, 5.74) is 0. The lowest BCUT2D eigenvalue weighted by molar-refractivity contribution is -0.147. The first-order valence-electron chi connectivity index (χ1n) is 4.06. The Balaban J connectivity index is 2.79. The number of carboxylic acid groups (broad SMARTS) is 1. The van der Waals surface area contributed by atoms with Gasteiger partial charge in [-0.1, -0.05) is 0 Å². The summed E-state index contributed by atoms with van der Waals surface area (Å²) in [7, 11) is 0. The van der Waals surface area contributed by atoms with Crippen LogP contribution in [-0.4, -0.2) is 39.7 Å². The first-order chi connectivity index (χ1) is 6.57. The topological polar surface area (TPSA) is 87.0 Å². The molecule has 0 aromatic carbocycles. The lowest BCUT2D eigenvalue weighted by Crippen LogP contribution is -2.43. The average Bonchev–Trinajstić information content (AvgIpc) is 2.48. The number of hydrogen-bond donors (Lipinski definition) is 1. The second-order valence-corrected chi connectivity index (χ2v) is 3.97. The smallest absolute Gasteiger partial charge is 0.327 e. The fraction of sp³-hybridized carbons (Fsp3) is 0.714. The molecular weight excluding hydrogens is 208 g/mol. The molecule has 2 unspecified atom stereocenters. The molecule has 1 N–H and O–H groups in total. The van der Waals surface area contributed by atoms with Crippen LogP contribution >= 0.6 is 11.9 Å². The molecule has 0 radical (unpaired) electrons. The molecule has 14 heavy (non-hydrogen) atoms. The standard InChI is InChI=1S/C7H10N2O4S/c1-4(10)9-3-2-5(14-8-13)6(9)7(11)12/h5-6H,2-3H2,1H3,(H,11,12). The van der Waals surface area contributed by atoms with Crippen LogP contribution in [0.1, 0.15) is 13.3 Å². The van der Waals surface area contributed by atoms with Crippen LogP contribution in [-0.2, 0) is 9.59 Å². The zero-order valence-corrected chi connectivity index (χ0v) is 8.36. The maximum atomic E-state index is 11.1. The van der Waals surface area contributed by atoms with E-state index in [1.54, 1.807) is 0 Å². The summed E-state index contributed by atoms with van der Waals surface area (Å²) in [6, 6.07) is -0.921. The van der Waals surface area contributed by atoms with Gasteiger partial charge in [-0.3, -0.25) is 4.79 Å². The molecule has 1 amide bonds. The van der Waals surface area contributed by atoms with Crippen molar-refractivity contribution in [2.24, 2.45) is 4.58 Å². The van der Waals surface area contributed by atoms with Gasteiger partial charge in [-0.15, -0.1) is 4.91 Å². The van der Waals surface area contributed by atoms with Gasteiger partial charge in [-0.2, -0.15) is 0 Å². The number of rotatable bonds is 3. The molecule has 1 fully saturated rings. The van der Waals surface area contributed by atoms with Gasteiger partial charge >= 0.3 is 5.97 Å². The molecule has 1 heterocycles. The van der Waals surface area contributed by atoms with Crippen LogP contribution < -0.4 is 0 Å². The Hall–Kier alpha value is -1.11. The quantitative estimate of drug-likeness (QED) is 0.549. The predicted molar refractivity (Wildman–Crippen MR) is 50.6 cm³/mol. The summed E-state index contributed by atoms with van der Waals surface area (Å²) in [5.74, 6) is -1.37. The molecule has 6 nitrogen and oxygen atoms in total. The summed E-state index contributed by atoms with van der Waals surface area (Å²) in [6.45, 7) is 1.69. The second-order valence-electron chi connectivity index (χ2n) is 3.00. The third-order valence-corrected chi connectivity index (χ3v) is 3.03. The molecule has 0 spiro atoms. The highest BCUT2D eigenvalue weighted by molar-refractivity contribution is 7.98. The molecule has 7 heteroatoms. The third-order valence-electron chi connectivity index (χ3n) is 2.18. The van der Waals surface area contributed by atoms with Crippen molar-refractivity contribution >= 4 is 23.8 Å². The Labute approximate surface area is 84.8 Å². The Morgan fingerprint density at radius 1 is 1.57 bits per heavy atom. The first kappa shape index (κ1) is 11.0. The van der Waals surface area contributed by atoms with Gasteiger partial charge in [0, 0.05) is 30.0 Å². The van der Waals surface area contributed by atoms with E-state index in [0.717, 1.165) is 0 Å². The predicted octanol–water partition coefficient (Wildman–Crippen LogP) is 0.475. The molecule has 1 aliphatic heterocycles. The molecular formula is C7H10N2O4S. The fourth-order valence-electron chi connectivity index (χ4n) is 1.58. The molecule has 0 bridgehead atoms. The highest BCUT2D eigenvalue weighted by Gasteiger charge is 2.41. The molecule has 2 atom stereocenters. The number of likely N-dealkylation sites (tertiary alicyclic amines) is 1. The Morgan fingerprint density at radius 2 is 2.21 bits per heavy atom. The highest BCUT2D eigenvalue weighted by atomic mass is 32.2. The van der Waals surface area contributed by atoms with Gasteiger partial charge in [0.15, 0.2) is 0 Å². The molecule has 0 aromatic rings. The Bertz CT molecular complexity index is 270. The summed E-state index contributed by atoms with van der Waals surface area (Å²) in [6.07, 6.45) is 0.493. The van der Waals surface area contributed by atoms with Crippen molar-refractivity contribution in [2.75, 3.05) is 6.54 Å². The number of amides is 1.